The van der Waals surface area contributed by atoms with Crippen LogP contribution in [0.25, 0.3) is 0 Å². The van der Waals surface area contributed by atoms with Gasteiger partial charge in [-0.3, -0.25) is 0 Å². The van der Waals surface area contributed by atoms with Gasteiger partial charge in [0.15, 0.2) is 0 Å². The van der Waals surface area contributed by atoms with E-state index in [1.807, 2.05) is 0 Å². The van der Waals surface area contributed by atoms with Gasteiger partial charge in [-0.05, 0) is 37.6 Å². The van der Waals surface area contributed by atoms with Crippen molar-refractivity contribution in [1.82, 2.24) is 0 Å². The van der Waals surface area contributed by atoms with E-state index in [9.17, 15) is 13.2 Å². The highest BCUT2D eigenvalue weighted by Crippen LogP contribution is 2.38. The summed E-state index contributed by atoms with van der Waals surface area (Å²) in [6, 6.07) is 0. The summed E-state index contributed by atoms with van der Waals surface area (Å²) in [7, 11) is 0. The maximum absolute atomic E-state index is 11.9. The molecular formula is C13H24F3NO. The summed E-state index contributed by atoms with van der Waals surface area (Å²) in [4.78, 5) is 0. The first kappa shape index (κ1) is 15.8. The van der Waals surface area contributed by atoms with Crippen LogP contribution < -0.4 is 5.73 Å². The lowest BCUT2D eigenvalue weighted by molar-refractivity contribution is -0.174. The van der Waals surface area contributed by atoms with Gasteiger partial charge in [0.1, 0.15) is 6.61 Å². The normalized spacial score (nSPS) is 20.7. The van der Waals surface area contributed by atoms with Crippen LogP contribution in [0, 0.1) is 5.41 Å². The number of rotatable bonds is 6. The Morgan fingerprint density at radius 2 is 1.67 bits per heavy atom. The smallest absolute Gasteiger partial charge is 0.372 e. The number of hydrogen-bond donors (Lipinski definition) is 1. The Balaban J connectivity index is 2.22. The van der Waals surface area contributed by atoms with E-state index >= 15 is 0 Å². The highest BCUT2D eigenvalue weighted by atomic mass is 19.4. The summed E-state index contributed by atoms with van der Waals surface area (Å²) in [5.74, 6) is 0. The molecule has 0 bridgehead atoms. The highest BCUT2D eigenvalue weighted by molar-refractivity contribution is 4.82. The Morgan fingerprint density at radius 3 is 2.17 bits per heavy atom. The van der Waals surface area contributed by atoms with Crippen molar-refractivity contribution in [3.05, 3.63) is 0 Å². The van der Waals surface area contributed by atoms with Gasteiger partial charge in [-0.1, -0.05) is 25.7 Å². The lowest BCUT2D eigenvalue weighted by atomic mass is 9.77. The summed E-state index contributed by atoms with van der Waals surface area (Å²) in [6.07, 6.45) is 4.48. The zero-order valence-corrected chi connectivity index (χ0v) is 10.9. The van der Waals surface area contributed by atoms with Crippen LogP contribution in [-0.2, 0) is 4.74 Å². The molecule has 1 rings (SSSR count). The van der Waals surface area contributed by atoms with Crippen LogP contribution in [0.3, 0.4) is 0 Å². The number of ether oxygens (including phenoxy) is 1. The van der Waals surface area contributed by atoms with Gasteiger partial charge < -0.3 is 10.5 Å². The zero-order valence-electron chi connectivity index (χ0n) is 10.9. The average Bonchev–Trinajstić information content (AvgIpc) is 2.53. The second-order valence-electron chi connectivity index (χ2n) is 5.39. The maximum Gasteiger partial charge on any atom is 0.411 e. The Morgan fingerprint density at radius 1 is 1.06 bits per heavy atom. The van der Waals surface area contributed by atoms with Crippen LogP contribution in [0.4, 0.5) is 13.2 Å². The summed E-state index contributed by atoms with van der Waals surface area (Å²) < 4.78 is 40.3. The van der Waals surface area contributed by atoms with Gasteiger partial charge in [0.05, 0.1) is 0 Å². The van der Waals surface area contributed by atoms with Crippen LogP contribution in [0.15, 0.2) is 0 Å². The van der Waals surface area contributed by atoms with E-state index in [1.54, 1.807) is 0 Å². The van der Waals surface area contributed by atoms with Crippen molar-refractivity contribution in [1.29, 1.82) is 0 Å². The molecular weight excluding hydrogens is 243 g/mol. The number of hydrogen-bond acceptors (Lipinski definition) is 2. The first-order valence-electron chi connectivity index (χ1n) is 6.82. The molecule has 2 N–H and O–H groups in total. The Kier molecular flexibility index (Phi) is 6.43. The molecule has 0 unspecified atom stereocenters. The number of alkyl halides is 3. The molecule has 1 aliphatic rings. The molecule has 1 fully saturated rings. The van der Waals surface area contributed by atoms with Crippen molar-refractivity contribution in [3.63, 3.8) is 0 Å². The van der Waals surface area contributed by atoms with E-state index in [4.69, 9.17) is 5.73 Å². The van der Waals surface area contributed by atoms with Gasteiger partial charge in [-0.2, -0.15) is 13.2 Å². The standard InChI is InChI=1S/C13H24F3NO/c14-13(15,16)11-18-9-5-8-12(10-17)6-3-1-2-4-7-12/h1-11,17H2. The lowest BCUT2D eigenvalue weighted by Gasteiger charge is -2.31. The summed E-state index contributed by atoms with van der Waals surface area (Å²) in [5.41, 5.74) is 6.02. The van der Waals surface area contributed by atoms with E-state index in [0.29, 0.717) is 13.0 Å². The molecule has 108 valence electrons. The Labute approximate surface area is 107 Å². The monoisotopic (exact) mass is 267 g/mol. The molecule has 5 heteroatoms. The third-order valence-electron chi connectivity index (χ3n) is 3.86. The zero-order chi connectivity index (χ0) is 13.5. The van der Waals surface area contributed by atoms with Crippen LogP contribution in [0.5, 0.6) is 0 Å². The van der Waals surface area contributed by atoms with Gasteiger partial charge in [0.2, 0.25) is 0 Å². The van der Waals surface area contributed by atoms with Gasteiger partial charge in [-0.15, -0.1) is 0 Å². The third kappa shape index (κ3) is 6.05. The Bertz CT molecular complexity index is 223. The van der Waals surface area contributed by atoms with Crippen LogP contribution >= 0.6 is 0 Å². The largest absolute Gasteiger partial charge is 0.411 e. The fraction of sp³-hybridized carbons (Fsp3) is 1.00. The molecule has 0 amide bonds. The van der Waals surface area contributed by atoms with Gasteiger partial charge in [0.25, 0.3) is 0 Å². The van der Waals surface area contributed by atoms with E-state index < -0.39 is 12.8 Å². The average molecular weight is 267 g/mol. The first-order valence-corrected chi connectivity index (χ1v) is 6.82. The second-order valence-corrected chi connectivity index (χ2v) is 5.39. The van der Waals surface area contributed by atoms with E-state index in [-0.39, 0.29) is 12.0 Å². The molecule has 0 aromatic heterocycles. The molecule has 0 aromatic carbocycles. The molecule has 2 nitrogen and oxygen atoms in total. The SMILES string of the molecule is NCC1(CCCOCC(F)(F)F)CCCCCC1. The maximum atomic E-state index is 11.9. The van der Waals surface area contributed by atoms with Crippen LogP contribution in [0.2, 0.25) is 0 Å². The molecule has 0 saturated heterocycles. The van der Waals surface area contributed by atoms with Crippen molar-refractivity contribution in [2.45, 2.75) is 57.5 Å². The molecule has 1 aliphatic carbocycles. The van der Waals surface area contributed by atoms with E-state index in [1.165, 1.54) is 25.7 Å². The van der Waals surface area contributed by atoms with Crippen molar-refractivity contribution in [2.75, 3.05) is 19.8 Å². The fourth-order valence-electron chi connectivity index (χ4n) is 2.77. The molecule has 0 aliphatic heterocycles. The predicted molar refractivity (Wildman–Crippen MR) is 65.3 cm³/mol. The minimum atomic E-state index is -4.21. The van der Waals surface area contributed by atoms with Gasteiger partial charge in [0, 0.05) is 6.61 Å². The van der Waals surface area contributed by atoms with Gasteiger partial charge in [-0.25, -0.2) is 0 Å². The Hall–Kier alpha value is -0.290. The van der Waals surface area contributed by atoms with Gasteiger partial charge >= 0.3 is 6.18 Å². The quantitative estimate of drug-likeness (QED) is 0.589. The molecule has 1 saturated carbocycles. The molecule has 0 radical (unpaired) electrons. The summed E-state index contributed by atoms with van der Waals surface area (Å²) in [5, 5.41) is 0. The summed E-state index contributed by atoms with van der Waals surface area (Å²) in [6.45, 7) is -0.309. The second kappa shape index (κ2) is 7.34. The fourth-order valence-corrected chi connectivity index (χ4v) is 2.77. The first-order chi connectivity index (χ1) is 8.47. The molecule has 0 atom stereocenters. The minimum absolute atomic E-state index is 0.151. The van der Waals surface area contributed by atoms with E-state index in [2.05, 4.69) is 4.74 Å². The van der Waals surface area contributed by atoms with Crippen molar-refractivity contribution in [3.8, 4) is 0 Å². The predicted octanol–water partition coefficient (Wildman–Crippen LogP) is 3.64. The number of nitrogens with two attached hydrogens (primary N) is 1. The summed E-state index contributed by atoms with van der Waals surface area (Å²) >= 11 is 0. The lowest BCUT2D eigenvalue weighted by Crippen LogP contribution is -2.30. The van der Waals surface area contributed by atoms with Crippen molar-refractivity contribution >= 4 is 0 Å². The third-order valence-corrected chi connectivity index (χ3v) is 3.86. The van der Waals surface area contributed by atoms with E-state index in [0.717, 1.165) is 19.3 Å². The highest BCUT2D eigenvalue weighted by Gasteiger charge is 2.30. The van der Waals surface area contributed by atoms with Crippen molar-refractivity contribution < 1.29 is 17.9 Å². The molecule has 0 heterocycles. The molecule has 0 spiro atoms. The molecule has 18 heavy (non-hydrogen) atoms. The topological polar surface area (TPSA) is 35.2 Å². The van der Waals surface area contributed by atoms with Crippen molar-refractivity contribution in [2.24, 2.45) is 11.1 Å². The van der Waals surface area contributed by atoms with Crippen LogP contribution in [-0.4, -0.2) is 25.9 Å². The minimum Gasteiger partial charge on any atom is -0.372 e. The number of halogens is 3. The molecule has 0 aromatic rings. The van der Waals surface area contributed by atoms with Crippen LogP contribution in [0.1, 0.15) is 51.4 Å².